The molecule has 1 fully saturated rings. The van der Waals surface area contributed by atoms with E-state index < -0.39 is 6.16 Å². The summed E-state index contributed by atoms with van der Waals surface area (Å²) < 4.78 is 10.5. The first-order valence-electron chi connectivity index (χ1n) is 8.49. The predicted molar refractivity (Wildman–Crippen MR) is 92.2 cm³/mol. The summed E-state index contributed by atoms with van der Waals surface area (Å²) in [4.78, 5) is 23.1. The van der Waals surface area contributed by atoms with Crippen LogP contribution in [-0.2, 0) is 14.3 Å². The first-order valence-corrected chi connectivity index (χ1v) is 8.49. The van der Waals surface area contributed by atoms with Gasteiger partial charge < -0.3 is 14.8 Å². The van der Waals surface area contributed by atoms with Crippen LogP contribution < -0.4 is 5.32 Å². The predicted octanol–water partition coefficient (Wildman–Crippen LogP) is 3.23. The van der Waals surface area contributed by atoms with Crippen LogP contribution in [0.15, 0.2) is 48.5 Å². The highest BCUT2D eigenvalue weighted by atomic mass is 16.7. The highest BCUT2D eigenvalue weighted by Gasteiger charge is 2.29. The van der Waals surface area contributed by atoms with E-state index in [0.29, 0.717) is 12.8 Å². The summed E-state index contributed by atoms with van der Waals surface area (Å²) in [7, 11) is 0. The van der Waals surface area contributed by atoms with Crippen LogP contribution in [0.25, 0.3) is 11.1 Å². The Balaban J connectivity index is 1.39. The lowest BCUT2D eigenvalue weighted by molar-refractivity contribution is -0.119. The lowest BCUT2D eigenvalue weighted by Crippen LogP contribution is -2.31. The standard InChI is InChI=1S/C20H19NO4/c22-19-10-9-13(21-19)11-24-20(23)25-12-18-16-7-3-1-5-14(16)15-6-2-4-8-17(15)18/h1-8,13,18H,9-12H2,(H,21,22). The molecule has 1 unspecified atom stereocenters. The van der Waals surface area contributed by atoms with Gasteiger partial charge in [-0.15, -0.1) is 0 Å². The molecular weight excluding hydrogens is 318 g/mol. The summed E-state index contributed by atoms with van der Waals surface area (Å²) >= 11 is 0. The Bertz CT molecular complexity index is 771. The highest BCUT2D eigenvalue weighted by Crippen LogP contribution is 2.44. The van der Waals surface area contributed by atoms with Crippen LogP contribution in [0.1, 0.15) is 29.9 Å². The molecule has 1 heterocycles. The van der Waals surface area contributed by atoms with Crippen LogP contribution in [0.5, 0.6) is 0 Å². The normalized spacial score (nSPS) is 18.4. The molecule has 25 heavy (non-hydrogen) atoms. The van der Waals surface area contributed by atoms with E-state index in [9.17, 15) is 9.59 Å². The smallest absolute Gasteiger partial charge is 0.433 e. The number of hydrogen-bond donors (Lipinski definition) is 1. The maximum absolute atomic E-state index is 11.9. The zero-order valence-corrected chi connectivity index (χ0v) is 13.7. The summed E-state index contributed by atoms with van der Waals surface area (Å²) in [5.74, 6) is 0.0206. The van der Waals surface area contributed by atoms with Crippen LogP contribution in [-0.4, -0.2) is 31.3 Å². The summed E-state index contributed by atoms with van der Waals surface area (Å²) in [6, 6.07) is 16.3. The number of benzene rings is 2. The minimum atomic E-state index is -0.692. The third kappa shape index (κ3) is 3.09. The maximum atomic E-state index is 11.9. The zero-order chi connectivity index (χ0) is 17.2. The van der Waals surface area contributed by atoms with Crippen molar-refractivity contribution in [3.05, 3.63) is 59.7 Å². The van der Waals surface area contributed by atoms with Gasteiger partial charge in [-0.05, 0) is 28.7 Å². The van der Waals surface area contributed by atoms with E-state index in [2.05, 4.69) is 29.6 Å². The van der Waals surface area contributed by atoms with Gasteiger partial charge in [-0.25, -0.2) is 4.79 Å². The summed E-state index contributed by atoms with van der Waals surface area (Å²) in [5.41, 5.74) is 4.71. The summed E-state index contributed by atoms with van der Waals surface area (Å²) in [6.45, 7) is 0.395. The molecule has 2 aromatic rings. The Kier molecular flexibility index (Phi) is 4.14. The summed E-state index contributed by atoms with van der Waals surface area (Å²) in [5, 5.41) is 2.76. The quantitative estimate of drug-likeness (QED) is 0.870. The molecule has 0 radical (unpaired) electrons. The monoisotopic (exact) mass is 337 g/mol. The van der Waals surface area contributed by atoms with Crippen LogP contribution in [0, 0.1) is 0 Å². The molecule has 0 spiro atoms. The van der Waals surface area contributed by atoms with Crippen molar-refractivity contribution in [2.75, 3.05) is 13.2 Å². The van der Waals surface area contributed by atoms with Crippen molar-refractivity contribution in [2.24, 2.45) is 0 Å². The molecule has 2 aliphatic rings. The van der Waals surface area contributed by atoms with Gasteiger partial charge in [-0.3, -0.25) is 4.79 Å². The van der Waals surface area contributed by atoms with Crippen molar-refractivity contribution in [2.45, 2.75) is 24.8 Å². The third-order valence-electron chi connectivity index (χ3n) is 4.82. The van der Waals surface area contributed by atoms with Gasteiger partial charge in [0.05, 0.1) is 6.04 Å². The maximum Gasteiger partial charge on any atom is 0.508 e. The number of fused-ring (bicyclic) bond motifs is 3. The lowest BCUT2D eigenvalue weighted by atomic mass is 9.98. The second-order valence-corrected chi connectivity index (χ2v) is 6.40. The SMILES string of the molecule is O=C1CCC(COC(=O)OCC2c3ccccc3-c3ccccc32)N1. The van der Waals surface area contributed by atoms with Crippen LogP contribution in [0.2, 0.25) is 0 Å². The average Bonchev–Trinajstić information content (AvgIpc) is 3.19. The molecule has 1 aliphatic heterocycles. The van der Waals surface area contributed by atoms with Gasteiger partial charge in [0.25, 0.3) is 0 Å². The van der Waals surface area contributed by atoms with Gasteiger partial charge in [-0.1, -0.05) is 48.5 Å². The first kappa shape index (κ1) is 15.7. The second kappa shape index (κ2) is 6.59. The molecule has 1 N–H and O–H groups in total. The van der Waals surface area contributed by atoms with Crippen LogP contribution in [0.3, 0.4) is 0 Å². The van der Waals surface area contributed by atoms with Crippen molar-refractivity contribution in [3.8, 4) is 11.1 Å². The van der Waals surface area contributed by atoms with Crippen molar-refractivity contribution >= 4 is 12.1 Å². The number of ether oxygens (including phenoxy) is 2. The Morgan fingerprint density at radius 1 is 0.960 bits per heavy atom. The number of rotatable bonds is 4. The first-order chi connectivity index (χ1) is 12.2. The lowest BCUT2D eigenvalue weighted by Gasteiger charge is -2.15. The van der Waals surface area contributed by atoms with E-state index in [1.54, 1.807) is 0 Å². The molecule has 1 amide bonds. The van der Waals surface area contributed by atoms with E-state index in [1.807, 2.05) is 24.3 Å². The Morgan fingerprint density at radius 3 is 2.16 bits per heavy atom. The van der Waals surface area contributed by atoms with E-state index in [1.165, 1.54) is 22.3 Å². The third-order valence-corrected chi connectivity index (χ3v) is 4.82. The number of hydrogen-bond acceptors (Lipinski definition) is 4. The fourth-order valence-corrected chi connectivity index (χ4v) is 3.60. The molecule has 2 aromatic carbocycles. The number of nitrogens with one attached hydrogen (secondary N) is 1. The van der Waals surface area contributed by atoms with Crippen LogP contribution >= 0.6 is 0 Å². The minimum absolute atomic E-state index is 0.00105. The topological polar surface area (TPSA) is 64.6 Å². The molecular formula is C20H19NO4. The molecule has 1 saturated heterocycles. The fraction of sp³-hybridized carbons (Fsp3) is 0.300. The van der Waals surface area contributed by atoms with Gasteiger partial charge in [0.1, 0.15) is 13.2 Å². The molecule has 0 saturated carbocycles. The Labute approximate surface area is 145 Å². The van der Waals surface area contributed by atoms with E-state index >= 15 is 0 Å². The zero-order valence-electron chi connectivity index (χ0n) is 13.7. The molecule has 1 atom stereocenters. The molecule has 128 valence electrons. The summed E-state index contributed by atoms with van der Waals surface area (Å²) in [6.07, 6.45) is 0.483. The minimum Gasteiger partial charge on any atom is -0.433 e. The van der Waals surface area contributed by atoms with E-state index in [-0.39, 0.29) is 31.1 Å². The van der Waals surface area contributed by atoms with Gasteiger partial charge in [0.2, 0.25) is 5.91 Å². The Hall–Kier alpha value is -2.82. The average molecular weight is 337 g/mol. The van der Waals surface area contributed by atoms with Crippen molar-refractivity contribution in [3.63, 3.8) is 0 Å². The Morgan fingerprint density at radius 2 is 1.56 bits per heavy atom. The molecule has 5 heteroatoms. The highest BCUT2D eigenvalue weighted by molar-refractivity contribution is 5.79. The molecule has 4 rings (SSSR count). The van der Waals surface area contributed by atoms with Gasteiger partial charge in [0.15, 0.2) is 0 Å². The molecule has 0 aromatic heterocycles. The van der Waals surface area contributed by atoms with E-state index in [0.717, 1.165) is 0 Å². The second-order valence-electron chi connectivity index (χ2n) is 6.40. The van der Waals surface area contributed by atoms with E-state index in [4.69, 9.17) is 9.47 Å². The van der Waals surface area contributed by atoms with Gasteiger partial charge in [-0.2, -0.15) is 0 Å². The largest absolute Gasteiger partial charge is 0.508 e. The fourth-order valence-electron chi connectivity index (χ4n) is 3.60. The molecule has 1 aliphatic carbocycles. The number of amides is 1. The van der Waals surface area contributed by atoms with Crippen molar-refractivity contribution in [1.29, 1.82) is 0 Å². The van der Waals surface area contributed by atoms with Crippen molar-refractivity contribution in [1.82, 2.24) is 5.32 Å². The molecule has 5 nitrogen and oxygen atoms in total. The number of carbonyl (C=O) groups excluding carboxylic acids is 2. The molecule has 0 bridgehead atoms. The number of carbonyl (C=O) groups is 2. The van der Waals surface area contributed by atoms with Crippen molar-refractivity contribution < 1.29 is 19.1 Å². The van der Waals surface area contributed by atoms with Gasteiger partial charge in [0, 0.05) is 12.3 Å². The van der Waals surface area contributed by atoms with Crippen LogP contribution in [0.4, 0.5) is 4.79 Å². The van der Waals surface area contributed by atoms with Gasteiger partial charge >= 0.3 is 6.16 Å².